The summed E-state index contributed by atoms with van der Waals surface area (Å²) in [5.74, 6) is -2.92. The van der Waals surface area contributed by atoms with Crippen LogP contribution in [0.15, 0.2) is 0 Å². The van der Waals surface area contributed by atoms with Crippen LogP contribution in [0, 0.1) is 11.8 Å². The third-order valence-corrected chi connectivity index (χ3v) is 3.50. The van der Waals surface area contributed by atoms with Crippen LogP contribution in [0.2, 0.25) is 0 Å². The Bertz CT molecular complexity index is 323. The van der Waals surface area contributed by atoms with Crippen LogP contribution < -0.4 is 0 Å². The monoisotopic (exact) mass is 262 g/mol. The predicted molar refractivity (Wildman–Crippen MR) is 63.8 cm³/mol. The largest absolute Gasteiger partial charge is 0.479 e. The molecule has 0 fully saturated rings. The van der Waals surface area contributed by atoms with E-state index in [1.54, 1.807) is 6.92 Å². The molecule has 0 aliphatic rings. The normalized spacial score (nSPS) is 19.8. The van der Waals surface area contributed by atoms with E-state index in [9.17, 15) is 19.8 Å². The Morgan fingerprint density at radius 2 is 1.67 bits per heavy atom. The Balaban J connectivity index is 5.40. The molecule has 6 heteroatoms. The number of carbonyl (C=O) groups excluding carboxylic acids is 1. The number of ether oxygens (including phenoxy) is 1. The second kappa shape index (κ2) is 5.67. The van der Waals surface area contributed by atoms with Crippen molar-refractivity contribution in [2.24, 2.45) is 11.8 Å². The summed E-state index contributed by atoms with van der Waals surface area (Å²) in [6.07, 6.45) is -0.248. The number of carboxylic acid groups (broad SMARTS) is 1. The molecule has 0 amide bonds. The standard InChI is InChI=1S/C12H22O6/c1-7(2)8(3)6-12(17,9(13)14)11(4,16)10(15)18-5/h7-8,16-17H,6H2,1-5H3,(H,13,14). The fourth-order valence-electron chi connectivity index (χ4n) is 1.56. The quantitative estimate of drug-likeness (QED) is 0.599. The van der Waals surface area contributed by atoms with Crippen molar-refractivity contribution in [2.75, 3.05) is 7.11 Å². The Kier molecular flexibility index (Phi) is 5.31. The van der Waals surface area contributed by atoms with Crippen LogP contribution in [0.1, 0.15) is 34.1 Å². The van der Waals surface area contributed by atoms with Gasteiger partial charge in [-0.15, -0.1) is 0 Å². The maximum absolute atomic E-state index is 11.4. The predicted octanol–water partition coefficient (Wildman–Crippen LogP) is 0.408. The van der Waals surface area contributed by atoms with Gasteiger partial charge in [-0.05, 0) is 25.2 Å². The lowest BCUT2D eigenvalue weighted by Crippen LogP contribution is -2.63. The van der Waals surface area contributed by atoms with E-state index in [-0.39, 0.29) is 18.3 Å². The van der Waals surface area contributed by atoms with E-state index >= 15 is 0 Å². The molecule has 0 saturated carbocycles. The molecule has 106 valence electrons. The molecule has 3 atom stereocenters. The number of aliphatic carboxylic acids is 1. The Morgan fingerprint density at radius 3 is 1.94 bits per heavy atom. The van der Waals surface area contributed by atoms with Gasteiger partial charge >= 0.3 is 11.9 Å². The summed E-state index contributed by atoms with van der Waals surface area (Å²) < 4.78 is 4.34. The van der Waals surface area contributed by atoms with Gasteiger partial charge in [-0.1, -0.05) is 20.8 Å². The summed E-state index contributed by atoms with van der Waals surface area (Å²) in [6, 6.07) is 0. The van der Waals surface area contributed by atoms with E-state index in [1.165, 1.54) is 0 Å². The van der Waals surface area contributed by atoms with Crippen molar-refractivity contribution in [3.63, 3.8) is 0 Å². The summed E-state index contributed by atoms with van der Waals surface area (Å²) in [5, 5.41) is 29.3. The summed E-state index contributed by atoms with van der Waals surface area (Å²) in [4.78, 5) is 22.7. The number of rotatable bonds is 6. The first-order valence-electron chi connectivity index (χ1n) is 5.77. The third-order valence-electron chi connectivity index (χ3n) is 3.50. The highest BCUT2D eigenvalue weighted by atomic mass is 16.5. The molecular weight excluding hydrogens is 240 g/mol. The van der Waals surface area contributed by atoms with Gasteiger partial charge in [0.05, 0.1) is 7.11 Å². The number of aliphatic hydroxyl groups is 2. The number of methoxy groups -OCH3 is 1. The van der Waals surface area contributed by atoms with Crippen molar-refractivity contribution in [1.29, 1.82) is 0 Å². The van der Waals surface area contributed by atoms with Crippen LogP contribution >= 0.6 is 0 Å². The van der Waals surface area contributed by atoms with Crippen LogP contribution in [-0.2, 0) is 14.3 Å². The Morgan fingerprint density at radius 1 is 1.22 bits per heavy atom. The minimum absolute atomic E-state index is 0.101. The summed E-state index contributed by atoms with van der Waals surface area (Å²) in [7, 11) is 1.02. The van der Waals surface area contributed by atoms with E-state index in [0.29, 0.717) is 0 Å². The molecule has 0 aromatic rings. The van der Waals surface area contributed by atoms with E-state index in [4.69, 9.17) is 5.11 Å². The lowest BCUT2D eigenvalue weighted by molar-refractivity contribution is -0.208. The zero-order valence-corrected chi connectivity index (χ0v) is 11.4. The summed E-state index contributed by atoms with van der Waals surface area (Å²) >= 11 is 0. The van der Waals surface area contributed by atoms with Gasteiger partial charge in [-0.3, -0.25) is 0 Å². The number of esters is 1. The molecule has 3 N–H and O–H groups in total. The Labute approximate surface area is 107 Å². The first-order chi connectivity index (χ1) is 8.00. The fourth-order valence-corrected chi connectivity index (χ4v) is 1.56. The van der Waals surface area contributed by atoms with E-state index in [0.717, 1.165) is 14.0 Å². The number of hydrogen-bond donors (Lipinski definition) is 3. The molecule has 0 aliphatic carbocycles. The average molecular weight is 262 g/mol. The molecule has 0 bridgehead atoms. The third kappa shape index (κ3) is 3.00. The maximum atomic E-state index is 11.4. The SMILES string of the molecule is COC(=O)C(C)(O)C(O)(CC(C)C(C)C)C(=O)O. The topological polar surface area (TPSA) is 104 Å². The molecule has 0 saturated heterocycles. The molecular formula is C12H22O6. The molecule has 0 spiro atoms. The number of carboxylic acids is 1. The van der Waals surface area contributed by atoms with Gasteiger partial charge in [-0.2, -0.15) is 0 Å². The summed E-state index contributed by atoms with van der Waals surface area (Å²) in [6.45, 7) is 6.41. The maximum Gasteiger partial charge on any atom is 0.341 e. The minimum atomic E-state index is -2.58. The average Bonchev–Trinajstić information content (AvgIpc) is 2.26. The van der Waals surface area contributed by atoms with Gasteiger partial charge in [0.25, 0.3) is 0 Å². The Hall–Kier alpha value is -1.14. The van der Waals surface area contributed by atoms with Crippen LogP contribution in [0.3, 0.4) is 0 Å². The molecule has 6 nitrogen and oxygen atoms in total. The zero-order valence-electron chi connectivity index (χ0n) is 11.4. The van der Waals surface area contributed by atoms with Crippen molar-refractivity contribution in [2.45, 2.75) is 45.3 Å². The molecule has 0 heterocycles. The van der Waals surface area contributed by atoms with Crippen LogP contribution in [-0.4, -0.2) is 45.6 Å². The molecule has 0 aromatic carbocycles. The van der Waals surface area contributed by atoms with Crippen molar-refractivity contribution < 1.29 is 29.6 Å². The van der Waals surface area contributed by atoms with Gasteiger partial charge in [0.1, 0.15) is 0 Å². The second-order valence-electron chi connectivity index (χ2n) is 5.15. The smallest absolute Gasteiger partial charge is 0.341 e. The van der Waals surface area contributed by atoms with Gasteiger partial charge in [0.15, 0.2) is 5.60 Å². The number of hydrogen-bond acceptors (Lipinski definition) is 5. The highest BCUT2D eigenvalue weighted by molar-refractivity contribution is 5.91. The van der Waals surface area contributed by atoms with Gasteiger partial charge in [0.2, 0.25) is 5.60 Å². The molecule has 3 unspecified atom stereocenters. The first-order valence-corrected chi connectivity index (χ1v) is 5.77. The summed E-state index contributed by atoms with van der Waals surface area (Å²) in [5.41, 5.74) is -5.08. The zero-order chi connectivity index (χ0) is 14.7. The van der Waals surface area contributed by atoms with Crippen LogP contribution in [0.4, 0.5) is 0 Å². The van der Waals surface area contributed by atoms with Crippen LogP contribution in [0.5, 0.6) is 0 Å². The van der Waals surface area contributed by atoms with E-state index in [1.807, 2.05) is 13.8 Å². The highest BCUT2D eigenvalue weighted by Crippen LogP contribution is 2.33. The molecule has 0 aromatic heterocycles. The lowest BCUT2D eigenvalue weighted by Gasteiger charge is -2.37. The minimum Gasteiger partial charge on any atom is -0.479 e. The van der Waals surface area contributed by atoms with Gasteiger partial charge < -0.3 is 20.1 Å². The van der Waals surface area contributed by atoms with E-state index in [2.05, 4.69) is 4.74 Å². The van der Waals surface area contributed by atoms with Crippen LogP contribution in [0.25, 0.3) is 0 Å². The fraction of sp³-hybridized carbons (Fsp3) is 0.833. The molecule has 18 heavy (non-hydrogen) atoms. The second-order valence-corrected chi connectivity index (χ2v) is 5.15. The van der Waals surface area contributed by atoms with Crippen molar-refractivity contribution in [3.8, 4) is 0 Å². The molecule has 0 rings (SSSR count). The van der Waals surface area contributed by atoms with Crippen molar-refractivity contribution in [3.05, 3.63) is 0 Å². The molecule has 0 radical (unpaired) electrons. The van der Waals surface area contributed by atoms with Gasteiger partial charge in [0, 0.05) is 0 Å². The molecule has 0 aliphatic heterocycles. The first kappa shape index (κ1) is 16.9. The van der Waals surface area contributed by atoms with Crippen molar-refractivity contribution in [1.82, 2.24) is 0 Å². The van der Waals surface area contributed by atoms with E-state index < -0.39 is 23.1 Å². The highest BCUT2D eigenvalue weighted by Gasteiger charge is 2.58. The van der Waals surface area contributed by atoms with Gasteiger partial charge in [-0.25, -0.2) is 9.59 Å². The number of carbonyl (C=O) groups is 2. The lowest BCUT2D eigenvalue weighted by atomic mass is 9.75. The van der Waals surface area contributed by atoms with Crippen molar-refractivity contribution >= 4 is 11.9 Å².